The predicted octanol–water partition coefficient (Wildman–Crippen LogP) is 2.48. The van der Waals surface area contributed by atoms with Gasteiger partial charge >= 0.3 is 0 Å². The van der Waals surface area contributed by atoms with Crippen molar-refractivity contribution in [2.24, 2.45) is 0 Å². The van der Waals surface area contributed by atoms with E-state index >= 15 is 0 Å². The van der Waals surface area contributed by atoms with Crippen LogP contribution in [0.5, 0.6) is 5.75 Å². The smallest absolute Gasteiger partial charge is 0.261 e. The van der Waals surface area contributed by atoms with Gasteiger partial charge in [0.05, 0.1) is 6.07 Å². The van der Waals surface area contributed by atoms with Crippen molar-refractivity contribution in [3.63, 3.8) is 0 Å². The van der Waals surface area contributed by atoms with Crippen LogP contribution >= 0.6 is 11.6 Å². The zero-order valence-electron chi connectivity index (χ0n) is 10.2. The van der Waals surface area contributed by atoms with Gasteiger partial charge in [0.2, 0.25) is 0 Å². The highest BCUT2D eigenvalue weighted by atomic mass is 35.5. The Bertz CT molecular complexity index is 426. The molecule has 0 aliphatic heterocycles. The highest BCUT2D eigenvalue weighted by molar-refractivity contribution is 6.30. The average Bonchev–Trinajstić information content (AvgIpc) is 2.37. The number of hydrogen-bond acceptors (Lipinski definition) is 3. The molecule has 1 amide bonds. The summed E-state index contributed by atoms with van der Waals surface area (Å²) in [6, 6.07) is 8.76. The van der Waals surface area contributed by atoms with Crippen LogP contribution in [0.25, 0.3) is 0 Å². The molecule has 0 heterocycles. The molecule has 0 saturated carbocycles. The SMILES string of the molecule is CCCN(CC#N)C(=O)COc1ccc(Cl)cc1. The first-order valence-electron chi connectivity index (χ1n) is 5.70. The molecule has 0 aliphatic rings. The number of carbonyl (C=O) groups excluding carboxylic acids is 1. The lowest BCUT2D eigenvalue weighted by Crippen LogP contribution is -2.35. The van der Waals surface area contributed by atoms with Gasteiger partial charge in [-0.15, -0.1) is 0 Å². The standard InChI is InChI=1S/C13H15ClN2O2/c1-2-8-16(9-7-15)13(17)10-18-12-5-3-11(14)4-6-12/h3-6H,2,8-10H2,1H3. The van der Waals surface area contributed by atoms with Crippen LogP contribution in [0.3, 0.4) is 0 Å². The molecule has 0 aromatic heterocycles. The Kier molecular flexibility index (Phi) is 6.03. The van der Waals surface area contributed by atoms with Crippen LogP contribution in [0, 0.1) is 11.3 Å². The van der Waals surface area contributed by atoms with Gasteiger partial charge in [-0.25, -0.2) is 0 Å². The van der Waals surface area contributed by atoms with E-state index in [0.717, 1.165) is 6.42 Å². The molecule has 0 aliphatic carbocycles. The molecule has 0 N–H and O–H groups in total. The Morgan fingerprint density at radius 1 is 1.44 bits per heavy atom. The summed E-state index contributed by atoms with van der Waals surface area (Å²) in [4.78, 5) is 13.3. The first-order valence-corrected chi connectivity index (χ1v) is 6.08. The van der Waals surface area contributed by atoms with E-state index in [0.29, 0.717) is 17.3 Å². The minimum atomic E-state index is -0.187. The van der Waals surface area contributed by atoms with Crippen LogP contribution in [0.2, 0.25) is 5.02 Å². The van der Waals surface area contributed by atoms with Gasteiger partial charge in [0, 0.05) is 11.6 Å². The number of hydrogen-bond donors (Lipinski definition) is 0. The summed E-state index contributed by atoms with van der Waals surface area (Å²) >= 11 is 5.74. The summed E-state index contributed by atoms with van der Waals surface area (Å²) < 4.78 is 5.34. The van der Waals surface area contributed by atoms with Crippen molar-refractivity contribution in [1.82, 2.24) is 4.90 Å². The summed E-state index contributed by atoms with van der Waals surface area (Å²) in [5.74, 6) is 0.398. The fourth-order valence-electron chi connectivity index (χ4n) is 1.41. The summed E-state index contributed by atoms with van der Waals surface area (Å²) in [6.07, 6.45) is 0.814. The number of nitrogens with zero attached hydrogens (tertiary/aromatic N) is 2. The van der Waals surface area contributed by atoms with E-state index in [1.54, 1.807) is 24.3 Å². The number of halogens is 1. The molecule has 0 fully saturated rings. The molecule has 1 aromatic rings. The molecule has 0 bridgehead atoms. The van der Waals surface area contributed by atoms with Crippen LogP contribution < -0.4 is 4.74 Å². The van der Waals surface area contributed by atoms with Crippen molar-refractivity contribution in [3.8, 4) is 11.8 Å². The second-order valence-corrected chi connectivity index (χ2v) is 4.15. The maximum absolute atomic E-state index is 11.8. The lowest BCUT2D eigenvalue weighted by molar-refractivity contribution is -0.132. The van der Waals surface area contributed by atoms with Gasteiger partial charge < -0.3 is 9.64 Å². The van der Waals surface area contributed by atoms with Gasteiger partial charge in [-0.2, -0.15) is 5.26 Å². The first kappa shape index (κ1) is 14.3. The third-order valence-corrected chi connectivity index (χ3v) is 2.54. The van der Waals surface area contributed by atoms with E-state index in [1.807, 2.05) is 13.0 Å². The van der Waals surface area contributed by atoms with Crippen molar-refractivity contribution in [2.75, 3.05) is 19.7 Å². The first-order chi connectivity index (χ1) is 8.67. The molecule has 0 radical (unpaired) electrons. The van der Waals surface area contributed by atoms with E-state index in [1.165, 1.54) is 4.90 Å². The summed E-state index contributed by atoms with van der Waals surface area (Å²) in [6.45, 7) is 2.55. The number of rotatable bonds is 6. The Labute approximate surface area is 112 Å². The van der Waals surface area contributed by atoms with Crippen LogP contribution in [0.1, 0.15) is 13.3 Å². The van der Waals surface area contributed by atoms with Gasteiger partial charge in [-0.1, -0.05) is 18.5 Å². The zero-order valence-corrected chi connectivity index (χ0v) is 11.0. The highest BCUT2D eigenvalue weighted by Gasteiger charge is 2.12. The topological polar surface area (TPSA) is 53.3 Å². The summed E-state index contributed by atoms with van der Waals surface area (Å²) in [5.41, 5.74) is 0. The number of amides is 1. The third kappa shape index (κ3) is 4.64. The van der Waals surface area contributed by atoms with Gasteiger partial charge in [0.25, 0.3) is 5.91 Å². The minimum Gasteiger partial charge on any atom is -0.484 e. The largest absolute Gasteiger partial charge is 0.484 e. The molecule has 4 nitrogen and oxygen atoms in total. The molecular weight excluding hydrogens is 252 g/mol. The van der Waals surface area contributed by atoms with Crippen LogP contribution in [-0.2, 0) is 4.79 Å². The van der Waals surface area contributed by atoms with Crippen LogP contribution in [0.15, 0.2) is 24.3 Å². The molecule has 1 aromatic carbocycles. The number of carbonyl (C=O) groups is 1. The molecule has 0 saturated heterocycles. The van der Waals surface area contributed by atoms with E-state index in [4.69, 9.17) is 21.6 Å². The van der Waals surface area contributed by atoms with Gasteiger partial charge in [0.1, 0.15) is 12.3 Å². The molecule has 0 spiro atoms. The lowest BCUT2D eigenvalue weighted by atomic mass is 10.3. The van der Waals surface area contributed by atoms with Gasteiger partial charge in [0.15, 0.2) is 6.61 Å². The lowest BCUT2D eigenvalue weighted by Gasteiger charge is -2.18. The zero-order chi connectivity index (χ0) is 13.4. The van der Waals surface area contributed by atoms with E-state index < -0.39 is 0 Å². The Morgan fingerprint density at radius 2 is 2.11 bits per heavy atom. The quantitative estimate of drug-likeness (QED) is 0.744. The normalized spacial score (nSPS) is 9.61. The van der Waals surface area contributed by atoms with Crippen LogP contribution in [0.4, 0.5) is 0 Å². The second-order valence-electron chi connectivity index (χ2n) is 3.72. The molecule has 0 unspecified atom stereocenters. The predicted molar refractivity (Wildman–Crippen MR) is 69.4 cm³/mol. The van der Waals surface area contributed by atoms with Crippen molar-refractivity contribution < 1.29 is 9.53 Å². The number of ether oxygens (including phenoxy) is 1. The third-order valence-electron chi connectivity index (χ3n) is 2.28. The summed E-state index contributed by atoms with van der Waals surface area (Å²) in [5, 5.41) is 9.25. The molecule has 0 atom stereocenters. The number of nitriles is 1. The van der Waals surface area contributed by atoms with Crippen LogP contribution in [-0.4, -0.2) is 30.5 Å². The van der Waals surface area contributed by atoms with Crippen molar-refractivity contribution in [2.45, 2.75) is 13.3 Å². The molecular formula is C13H15ClN2O2. The fraction of sp³-hybridized carbons (Fsp3) is 0.385. The van der Waals surface area contributed by atoms with E-state index in [2.05, 4.69) is 0 Å². The Morgan fingerprint density at radius 3 is 2.67 bits per heavy atom. The second kappa shape index (κ2) is 7.57. The van der Waals surface area contributed by atoms with E-state index in [9.17, 15) is 4.79 Å². The highest BCUT2D eigenvalue weighted by Crippen LogP contribution is 2.15. The summed E-state index contributed by atoms with van der Waals surface area (Å²) in [7, 11) is 0. The van der Waals surface area contributed by atoms with Gasteiger partial charge in [-0.05, 0) is 30.7 Å². The average molecular weight is 267 g/mol. The Hall–Kier alpha value is -1.73. The molecule has 1 rings (SSSR count). The van der Waals surface area contributed by atoms with Crippen molar-refractivity contribution in [1.29, 1.82) is 5.26 Å². The molecule has 96 valence electrons. The monoisotopic (exact) mass is 266 g/mol. The maximum atomic E-state index is 11.8. The molecule has 18 heavy (non-hydrogen) atoms. The minimum absolute atomic E-state index is 0.0662. The van der Waals surface area contributed by atoms with Gasteiger partial charge in [-0.3, -0.25) is 4.79 Å². The van der Waals surface area contributed by atoms with Crippen molar-refractivity contribution >= 4 is 17.5 Å². The number of benzene rings is 1. The maximum Gasteiger partial charge on any atom is 0.261 e. The Balaban J connectivity index is 2.48. The molecule has 5 heteroatoms. The van der Waals surface area contributed by atoms with E-state index in [-0.39, 0.29) is 19.1 Å². The fourth-order valence-corrected chi connectivity index (χ4v) is 1.54. The van der Waals surface area contributed by atoms with Crippen molar-refractivity contribution in [3.05, 3.63) is 29.3 Å².